The van der Waals surface area contributed by atoms with Crippen LogP contribution in [0.2, 0.25) is 0 Å². The third-order valence-corrected chi connectivity index (χ3v) is 6.45. The van der Waals surface area contributed by atoms with Crippen LogP contribution in [0, 0.1) is 6.92 Å². The van der Waals surface area contributed by atoms with Gasteiger partial charge in [-0.1, -0.05) is 60.3 Å². The Kier molecular flexibility index (Phi) is 5.23. The number of carbonyl (C=O) groups is 1. The molecular formula is C22H18N2OS2. The highest BCUT2D eigenvalue weighted by atomic mass is 32.2. The predicted octanol–water partition coefficient (Wildman–Crippen LogP) is 6.15. The van der Waals surface area contributed by atoms with E-state index in [-0.39, 0.29) is 5.91 Å². The van der Waals surface area contributed by atoms with Crippen molar-refractivity contribution in [1.82, 2.24) is 4.98 Å². The Labute approximate surface area is 166 Å². The third-order valence-electron chi connectivity index (χ3n) is 4.22. The minimum atomic E-state index is -0.0874. The molecule has 1 amide bonds. The summed E-state index contributed by atoms with van der Waals surface area (Å²) in [6.45, 7) is 1.94. The second kappa shape index (κ2) is 7.94. The summed E-state index contributed by atoms with van der Waals surface area (Å²) in [5.74, 6) is 0.813. The number of nitrogens with one attached hydrogen (secondary N) is 1. The van der Waals surface area contributed by atoms with E-state index in [9.17, 15) is 4.79 Å². The second-order valence-corrected chi connectivity index (χ2v) is 8.46. The van der Waals surface area contributed by atoms with Gasteiger partial charge in [0.1, 0.15) is 0 Å². The number of nitrogens with zero attached hydrogens (tertiary/aromatic N) is 1. The van der Waals surface area contributed by atoms with Crippen LogP contribution in [0.3, 0.4) is 0 Å². The number of rotatable bonds is 5. The molecule has 27 heavy (non-hydrogen) atoms. The van der Waals surface area contributed by atoms with E-state index in [1.165, 1.54) is 5.56 Å². The fourth-order valence-corrected chi connectivity index (χ4v) is 4.85. The molecule has 0 aliphatic heterocycles. The van der Waals surface area contributed by atoms with Gasteiger partial charge < -0.3 is 5.32 Å². The lowest BCUT2D eigenvalue weighted by atomic mass is 10.1. The van der Waals surface area contributed by atoms with Crippen molar-refractivity contribution < 1.29 is 4.79 Å². The summed E-state index contributed by atoms with van der Waals surface area (Å²) < 4.78 is 2.12. The summed E-state index contributed by atoms with van der Waals surface area (Å²) in [6, 6.07) is 23.8. The van der Waals surface area contributed by atoms with Crippen LogP contribution < -0.4 is 5.32 Å². The van der Waals surface area contributed by atoms with Gasteiger partial charge in [0, 0.05) is 17.0 Å². The van der Waals surface area contributed by atoms with Gasteiger partial charge in [-0.05, 0) is 42.3 Å². The van der Waals surface area contributed by atoms with Crippen molar-refractivity contribution in [1.29, 1.82) is 0 Å². The van der Waals surface area contributed by atoms with E-state index < -0.39 is 0 Å². The van der Waals surface area contributed by atoms with E-state index in [0.29, 0.717) is 5.56 Å². The number of hydrogen-bond acceptors (Lipinski definition) is 4. The Morgan fingerprint density at radius 1 is 1.04 bits per heavy atom. The number of fused-ring (bicyclic) bond motifs is 1. The van der Waals surface area contributed by atoms with Crippen molar-refractivity contribution in [2.45, 2.75) is 17.0 Å². The molecule has 0 atom stereocenters. The highest BCUT2D eigenvalue weighted by molar-refractivity contribution is 8.00. The lowest BCUT2D eigenvalue weighted by Crippen LogP contribution is -2.13. The second-order valence-electron chi connectivity index (χ2n) is 6.21. The van der Waals surface area contributed by atoms with Gasteiger partial charge in [-0.25, -0.2) is 4.98 Å². The van der Waals surface area contributed by atoms with Crippen LogP contribution in [0.5, 0.6) is 0 Å². The molecular weight excluding hydrogens is 372 g/mol. The minimum Gasteiger partial charge on any atom is -0.322 e. The van der Waals surface area contributed by atoms with Gasteiger partial charge >= 0.3 is 0 Å². The highest BCUT2D eigenvalue weighted by Gasteiger charge is 2.10. The molecule has 4 rings (SSSR count). The number of anilines is 1. The minimum absolute atomic E-state index is 0.0874. The van der Waals surface area contributed by atoms with Gasteiger partial charge in [-0.3, -0.25) is 4.79 Å². The molecule has 0 spiro atoms. The lowest BCUT2D eigenvalue weighted by Gasteiger charge is -2.07. The third kappa shape index (κ3) is 4.21. The van der Waals surface area contributed by atoms with Gasteiger partial charge in [0.25, 0.3) is 5.91 Å². The first-order chi connectivity index (χ1) is 13.2. The first kappa shape index (κ1) is 17.8. The average Bonchev–Trinajstić information content (AvgIpc) is 3.10. The van der Waals surface area contributed by atoms with Crippen molar-refractivity contribution in [2.24, 2.45) is 0 Å². The number of thiazole rings is 1. The van der Waals surface area contributed by atoms with Gasteiger partial charge in [0.2, 0.25) is 0 Å². The number of aromatic nitrogens is 1. The molecule has 0 saturated carbocycles. The number of aryl methyl sites for hydroxylation is 1. The molecule has 0 radical (unpaired) electrons. The summed E-state index contributed by atoms with van der Waals surface area (Å²) in [4.78, 5) is 17.2. The van der Waals surface area contributed by atoms with Gasteiger partial charge in [0.05, 0.1) is 10.2 Å². The van der Waals surface area contributed by atoms with Crippen LogP contribution in [-0.2, 0) is 5.75 Å². The summed E-state index contributed by atoms with van der Waals surface area (Å²) in [5.41, 5.74) is 4.70. The maximum absolute atomic E-state index is 12.5. The number of benzene rings is 3. The fourth-order valence-electron chi connectivity index (χ4n) is 2.79. The zero-order chi connectivity index (χ0) is 18.6. The number of thioether (sulfide) groups is 1. The molecule has 3 nitrogen and oxygen atoms in total. The smallest absolute Gasteiger partial charge is 0.255 e. The Morgan fingerprint density at radius 3 is 2.63 bits per heavy atom. The quantitative estimate of drug-likeness (QED) is 0.416. The fraction of sp³-hybridized carbons (Fsp3) is 0.0909. The summed E-state index contributed by atoms with van der Waals surface area (Å²) in [7, 11) is 0. The van der Waals surface area contributed by atoms with Crippen molar-refractivity contribution in [3.63, 3.8) is 0 Å². The topological polar surface area (TPSA) is 42.0 Å². The highest BCUT2D eigenvalue weighted by Crippen LogP contribution is 2.33. The van der Waals surface area contributed by atoms with E-state index in [4.69, 9.17) is 0 Å². The molecule has 5 heteroatoms. The summed E-state index contributed by atoms with van der Waals surface area (Å²) in [5, 5.41) is 2.99. The van der Waals surface area contributed by atoms with Gasteiger partial charge in [-0.2, -0.15) is 0 Å². The Morgan fingerprint density at radius 2 is 1.81 bits per heavy atom. The standard InChI is InChI=1S/C22H18N2OS2/c1-15-7-5-6-10-18(15)21(25)23-17-11-12-19-20(13-17)27-22(24-19)26-14-16-8-3-2-4-9-16/h2-13H,14H2,1H3,(H,23,25). The first-order valence-corrected chi connectivity index (χ1v) is 10.4. The van der Waals surface area contributed by atoms with Crippen molar-refractivity contribution in [3.05, 3.63) is 89.5 Å². The van der Waals surface area contributed by atoms with Crippen molar-refractivity contribution in [3.8, 4) is 0 Å². The zero-order valence-electron chi connectivity index (χ0n) is 14.8. The van der Waals surface area contributed by atoms with Gasteiger partial charge in [-0.15, -0.1) is 11.3 Å². The van der Waals surface area contributed by atoms with Gasteiger partial charge in [0.15, 0.2) is 4.34 Å². The molecule has 1 aromatic heterocycles. The zero-order valence-corrected chi connectivity index (χ0v) is 16.4. The van der Waals surface area contributed by atoms with Crippen LogP contribution in [-0.4, -0.2) is 10.9 Å². The summed E-state index contributed by atoms with van der Waals surface area (Å²) >= 11 is 3.40. The maximum atomic E-state index is 12.5. The molecule has 1 heterocycles. The number of carbonyl (C=O) groups excluding carboxylic acids is 1. The van der Waals surface area contributed by atoms with E-state index in [2.05, 4.69) is 34.6 Å². The van der Waals surface area contributed by atoms with Crippen LogP contribution >= 0.6 is 23.1 Å². The Bertz CT molecular complexity index is 1090. The van der Waals surface area contributed by atoms with Crippen LogP contribution in [0.4, 0.5) is 5.69 Å². The number of amides is 1. The molecule has 0 saturated heterocycles. The Balaban J connectivity index is 1.49. The molecule has 134 valence electrons. The normalized spacial score (nSPS) is 10.9. The molecule has 0 aliphatic rings. The largest absolute Gasteiger partial charge is 0.322 e. The van der Waals surface area contributed by atoms with Crippen LogP contribution in [0.25, 0.3) is 10.2 Å². The Hall–Kier alpha value is -2.63. The maximum Gasteiger partial charge on any atom is 0.255 e. The van der Waals surface area contributed by atoms with E-state index >= 15 is 0 Å². The van der Waals surface area contributed by atoms with E-state index in [1.54, 1.807) is 23.1 Å². The summed E-state index contributed by atoms with van der Waals surface area (Å²) in [6.07, 6.45) is 0. The number of hydrogen-bond donors (Lipinski definition) is 1. The molecule has 1 N–H and O–H groups in total. The lowest BCUT2D eigenvalue weighted by molar-refractivity contribution is 0.102. The van der Waals surface area contributed by atoms with Crippen molar-refractivity contribution >= 4 is 44.9 Å². The predicted molar refractivity (Wildman–Crippen MR) is 115 cm³/mol. The first-order valence-electron chi connectivity index (χ1n) is 8.63. The van der Waals surface area contributed by atoms with E-state index in [1.807, 2.05) is 55.5 Å². The average molecular weight is 391 g/mol. The molecule has 0 bridgehead atoms. The molecule has 0 aliphatic carbocycles. The monoisotopic (exact) mass is 390 g/mol. The molecule has 0 fully saturated rings. The molecule has 3 aromatic carbocycles. The van der Waals surface area contributed by atoms with Crippen LogP contribution in [0.1, 0.15) is 21.5 Å². The van der Waals surface area contributed by atoms with Crippen LogP contribution in [0.15, 0.2) is 77.1 Å². The van der Waals surface area contributed by atoms with Crippen molar-refractivity contribution in [2.75, 3.05) is 5.32 Å². The van der Waals surface area contributed by atoms with E-state index in [0.717, 1.165) is 31.6 Å². The SMILES string of the molecule is Cc1ccccc1C(=O)Nc1ccc2nc(SCc3ccccc3)sc2c1. The molecule has 4 aromatic rings. The molecule has 0 unspecified atom stereocenters.